The monoisotopic (exact) mass is 390 g/mol. The van der Waals surface area contributed by atoms with E-state index < -0.39 is 10.0 Å². The highest BCUT2D eigenvalue weighted by Crippen LogP contribution is 2.30. The SMILES string of the molecule is CC(=O)N1CCc2cc(S(=O)(=O)NCCCSc3ccccc3)ccc21. The van der Waals surface area contributed by atoms with Crippen molar-refractivity contribution in [3.63, 3.8) is 0 Å². The molecule has 0 unspecified atom stereocenters. The Labute approximate surface area is 158 Å². The van der Waals surface area contributed by atoms with Crippen LogP contribution >= 0.6 is 11.8 Å². The van der Waals surface area contributed by atoms with Crippen LogP contribution < -0.4 is 9.62 Å². The van der Waals surface area contributed by atoms with E-state index in [-0.39, 0.29) is 10.8 Å². The molecule has 0 aliphatic carbocycles. The van der Waals surface area contributed by atoms with Gasteiger partial charge in [0, 0.05) is 30.6 Å². The predicted molar refractivity (Wildman–Crippen MR) is 105 cm³/mol. The Morgan fingerprint density at radius 1 is 1.19 bits per heavy atom. The van der Waals surface area contributed by atoms with Crippen molar-refractivity contribution >= 4 is 33.4 Å². The highest BCUT2D eigenvalue weighted by molar-refractivity contribution is 7.99. The second kappa shape index (κ2) is 8.24. The molecule has 2 aromatic rings. The number of anilines is 1. The predicted octanol–water partition coefficient (Wildman–Crippen LogP) is 3.06. The van der Waals surface area contributed by atoms with Gasteiger partial charge in [0.05, 0.1) is 4.90 Å². The van der Waals surface area contributed by atoms with Gasteiger partial charge in [-0.15, -0.1) is 11.8 Å². The molecule has 26 heavy (non-hydrogen) atoms. The van der Waals surface area contributed by atoms with E-state index in [4.69, 9.17) is 0 Å². The summed E-state index contributed by atoms with van der Waals surface area (Å²) in [6.07, 6.45) is 1.44. The van der Waals surface area contributed by atoms with E-state index in [9.17, 15) is 13.2 Å². The van der Waals surface area contributed by atoms with Gasteiger partial charge < -0.3 is 4.90 Å². The van der Waals surface area contributed by atoms with E-state index in [1.165, 1.54) is 11.8 Å². The van der Waals surface area contributed by atoms with Crippen molar-refractivity contribution < 1.29 is 13.2 Å². The summed E-state index contributed by atoms with van der Waals surface area (Å²) in [5.41, 5.74) is 1.72. The maximum Gasteiger partial charge on any atom is 0.240 e. The maximum atomic E-state index is 12.5. The Bertz CT molecular complexity index is 883. The van der Waals surface area contributed by atoms with E-state index >= 15 is 0 Å². The highest BCUT2D eigenvalue weighted by atomic mass is 32.2. The Hall–Kier alpha value is -1.83. The molecule has 0 saturated carbocycles. The van der Waals surface area contributed by atoms with E-state index in [2.05, 4.69) is 4.72 Å². The molecule has 1 N–H and O–H groups in total. The molecular formula is C19H22N2O3S2. The van der Waals surface area contributed by atoms with E-state index in [0.717, 1.165) is 23.4 Å². The minimum atomic E-state index is -3.53. The lowest BCUT2D eigenvalue weighted by Crippen LogP contribution is -2.26. The minimum absolute atomic E-state index is 0.0200. The zero-order chi connectivity index (χ0) is 18.6. The lowest BCUT2D eigenvalue weighted by atomic mass is 10.2. The Balaban J connectivity index is 1.54. The molecule has 1 amide bonds. The fraction of sp³-hybridized carbons (Fsp3) is 0.316. The topological polar surface area (TPSA) is 66.5 Å². The zero-order valence-corrected chi connectivity index (χ0v) is 16.3. The van der Waals surface area contributed by atoms with Crippen LogP contribution in [-0.4, -0.2) is 33.2 Å². The number of amides is 1. The third-order valence-corrected chi connectivity index (χ3v) is 6.82. The molecule has 7 heteroatoms. The summed E-state index contributed by atoms with van der Waals surface area (Å²) in [5, 5.41) is 0. The molecule has 1 aliphatic rings. The van der Waals surface area contributed by atoms with Crippen molar-refractivity contribution in [2.24, 2.45) is 0 Å². The van der Waals surface area contributed by atoms with Gasteiger partial charge in [-0.05, 0) is 54.5 Å². The first-order valence-corrected chi connectivity index (χ1v) is 11.0. The molecule has 0 spiro atoms. The molecule has 5 nitrogen and oxygen atoms in total. The van der Waals surface area contributed by atoms with Crippen molar-refractivity contribution in [3.8, 4) is 0 Å². The maximum absolute atomic E-state index is 12.5. The summed E-state index contributed by atoms with van der Waals surface area (Å²) in [7, 11) is -3.53. The number of hydrogen-bond donors (Lipinski definition) is 1. The van der Waals surface area contributed by atoms with Crippen LogP contribution in [0.2, 0.25) is 0 Å². The summed E-state index contributed by atoms with van der Waals surface area (Å²) in [4.78, 5) is 14.7. The van der Waals surface area contributed by atoms with Gasteiger partial charge in [-0.25, -0.2) is 13.1 Å². The van der Waals surface area contributed by atoms with Crippen molar-refractivity contribution in [2.75, 3.05) is 23.7 Å². The first kappa shape index (κ1) is 18.9. The highest BCUT2D eigenvalue weighted by Gasteiger charge is 2.24. The van der Waals surface area contributed by atoms with E-state index in [1.54, 1.807) is 34.9 Å². The first-order chi connectivity index (χ1) is 12.5. The molecule has 3 rings (SSSR count). The Morgan fingerprint density at radius 2 is 1.96 bits per heavy atom. The number of hydrogen-bond acceptors (Lipinski definition) is 4. The molecule has 0 saturated heterocycles. The van der Waals surface area contributed by atoms with Crippen LogP contribution in [0.5, 0.6) is 0 Å². The number of fused-ring (bicyclic) bond motifs is 1. The fourth-order valence-corrected chi connectivity index (χ4v) is 4.94. The van der Waals surface area contributed by atoms with Gasteiger partial charge >= 0.3 is 0 Å². The van der Waals surface area contributed by atoms with Gasteiger partial charge in [0.15, 0.2) is 0 Å². The second-order valence-corrected chi connectivity index (χ2v) is 9.06. The van der Waals surface area contributed by atoms with Crippen molar-refractivity contribution in [1.82, 2.24) is 4.72 Å². The van der Waals surface area contributed by atoms with Crippen molar-refractivity contribution in [2.45, 2.75) is 29.6 Å². The molecule has 0 atom stereocenters. The van der Waals surface area contributed by atoms with E-state index in [0.29, 0.717) is 19.5 Å². The molecular weight excluding hydrogens is 368 g/mol. The smallest absolute Gasteiger partial charge is 0.240 e. The first-order valence-electron chi connectivity index (χ1n) is 8.56. The Morgan fingerprint density at radius 3 is 2.69 bits per heavy atom. The molecule has 1 heterocycles. The van der Waals surface area contributed by atoms with Crippen LogP contribution in [0.4, 0.5) is 5.69 Å². The molecule has 0 radical (unpaired) electrons. The summed E-state index contributed by atoms with van der Waals surface area (Å²) in [5.74, 6) is 0.831. The summed E-state index contributed by atoms with van der Waals surface area (Å²) in [6, 6.07) is 15.0. The molecule has 1 aliphatic heterocycles. The minimum Gasteiger partial charge on any atom is -0.312 e. The van der Waals surface area contributed by atoms with Gasteiger partial charge in [0.1, 0.15) is 0 Å². The summed E-state index contributed by atoms with van der Waals surface area (Å²) < 4.78 is 27.6. The summed E-state index contributed by atoms with van der Waals surface area (Å²) in [6.45, 7) is 2.53. The lowest BCUT2D eigenvalue weighted by Gasteiger charge is -2.15. The largest absolute Gasteiger partial charge is 0.312 e. The third-order valence-electron chi connectivity index (χ3n) is 4.26. The van der Waals surface area contributed by atoms with Gasteiger partial charge in [0.25, 0.3) is 0 Å². The van der Waals surface area contributed by atoms with Crippen LogP contribution in [0.15, 0.2) is 58.3 Å². The molecule has 138 valence electrons. The van der Waals surface area contributed by atoms with Crippen LogP contribution in [0.25, 0.3) is 0 Å². The van der Waals surface area contributed by atoms with Crippen LogP contribution in [0.1, 0.15) is 18.9 Å². The average Bonchev–Trinajstić information content (AvgIpc) is 3.05. The standard InChI is InChI=1S/C19H22N2O3S2/c1-15(22)21-12-10-16-14-18(8-9-19(16)21)26(23,24)20-11-5-13-25-17-6-3-2-4-7-17/h2-4,6-9,14,20H,5,10-13H2,1H3. The lowest BCUT2D eigenvalue weighted by molar-refractivity contribution is -0.116. The third kappa shape index (κ3) is 4.47. The number of thioether (sulfide) groups is 1. The van der Waals surface area contributed by atoms with E-state index in [1.807, 2.05) is 30.3 Å². The average molecular weight is 391 g/mol. The van der Waals surface area contributed by atoms with Gasteiger partial charge in [-0.2, -0.15) is 0 Å². The number of carbonyl (C=O) groups is 1. The fourth-order valence-electron chi connectivity index (χ4n) is 2.94. The number of rotatable bonds is 7. The zero-order valence-electron chi connectivity index (χ0n) is 14.6. The van der Waals surface area contributed by atoms with Gasteiger partial charge in [0.2, 0.25) is 15.9 Å². The number of carbonyl (C=O) groups excluding carboxylic acids is 1. The molecule has 0 fully saturated rings. The number of sulfonamides is 1. The number of benzene rings is 2. The van der Waals surface area contributed by atoms with Crippen LogP contribution in [-0.2, 0) is 21.2 Å². The van der Waals surface area contributed by atoms with Crippen LogP contribution in [0.3, 0.4) is 0 Å². The van der Waals surface area contributed by atoms with Crippen molar-refractivity contribution in [1.29, 1.82) is 0 Å². The quantitative estimate of drug-likeness (QED) is 0.583. The molecule has 0 bridgehead atoms. The van der Waals surface area contributed by atoms with Gasteiger partial charge in [-0.1, -0.05) is 18.2 Å². The number of nitrogens with zero attached hydrogens (tertiary/aromatic N) is 1. The number of nitrogens with one attached hydrogen (secondary N) is 1. The van der Waals surface area contributed by atoms with Gasteiger partial charge in [-0.3, -0.25) is 4.79 Å². The molecule has 2 aromatic carbocycles. The van der Waals surface area contributed by atoms with Crippen molar-refractivity contribution in [3.05, 3.63) is 54.1 Å². The Kier molecular flexibility index (Phi) is 6.01. The van der Waals surface area contributed by atoms with Crippen LogP contribution in [0, 0.1) is 0 Å². The second-order valence-electron chi connectivity index (χ2n) is 6.12. The summed E-state index contributed by atoms with van der Waals surface area (Å²) >= 11 is 1.71. The molecule has 0 aromatic heterocycles. The normalized spacial score (nSPS) is 13.7.